The molecule has 2 aliphatic heterocycles. The molecular weight excluding hydrogens is 360 g/mol. The van der Waals surface area contributed by atoms with Crippen molar-refractivity contribution >= 4 is 11.8 Å². The summed E-state index contributed by atoms with van der Waals surface area (Å²) >= 11 is 0. The minimum Gasteiger partial charge on any atom is -0.465 e. The second kappa shape index (κ2) is 6.92. The summed E-state index contributed by atoms with van der Waals surface area (Å²) in [6.45, 7) is 11.2. The predicted octanol–water partition coefficient (Wildman–Crippen LogP) is 2.90. The van der Waals surface area contributed by atoms with Gasteiger partial charge in [0.1, 0.15) is 18.0 Å². The van der Waals surface area contributed by atoms with Gasteiger partial charge in [0.25, 0.3) is 0 Å². The molecule has 6 heteroatoms. The van der Waals surface area contributed by atoms with Crippen molar-refractivity contribution < 1.29 is 29.3 Å². The van der Waals surface area contributed by atoms with Crippen LogP contribution in [0.25, 0.3) is 0 Å². The highest BCUT2D eigenvalue weighted by atomic mass is 16.7. The van der Waals surface area contributed by atoms with Crippen molar-refractivity contribution in [1.29, 1.82) is 0 Å². The molecule has 3 aliphatic rings. The van der Waals surface area contributed by atoms with Crippen LogP contribution in [-0.2, 0) is 19.1 Å². The maximum atomic E-state index is 12.3. The minimum atomic E-state index is -1.54. The Morgan fingerprint density at radius 2 is 2.00 bits per heavy atom. The largest absolute Gasteiger partial charge is 0.465 e. The van der Waals surface area contributed by atoms with Gasteiger partial charge in [0.2, 0.25) is 0 Å². The standard InChI is InChI=1S/C22H34O6/c1-14(2)17(24)8-10-19(5)18(25)22-15(3)7-6-9-20(22,13-27-16(4)23)11-12-21(19,26)28-22/h14,18,25-26H,3,6-13H2,1-2,4-5H3/t18-,19+,20-,21+,22+/m0/s1. The summed E-state index contributed by atoms with van der Waals surface area (Å²) in [5.41, 5.74) is -2.03. The van der Waals surface area contributed by atoms with Crippen molar-refractivity contribution in [3.8, 4) is 0 Å². The van der Waals surface area contributed by atoms with Crippen LogP contribution in [0, 0.1) is 16.7 Å². The van der Waals surface area contributed by atoms with Gasteiger partial charge in [0.15, 0.2) is 5.79 Å². The highest BCUT2D eigenvalue weighted by Crippen LogP contribution is 2.69. The van der Waals surface area contributed by atoms with Crippen LogP contribution in [0.15, 0.2) is 12.2 Å². The molecule has 2 saturated heterocycles. The number of ketones is 1. The first-order valence-corrected chi connectivity index (χ1v) is 10.4. The highest BCUT2D eigenvalue weighted by molar-refractivity contribution is 5.80. The van der Waals surface area contributed by atoms with Gasteiger partial charge in [-0.15, -0.1) is 0 Å². The molecule has 28 heavy (non-hydrogen) atoms. The van der Waals surface area contributed by atoms with Crippen LogP contribution in [0.2, 0.25) is 0 Å². The van der Waals surface area contributed by atoms with E-state index >= 15 is 0 Å². The number of Topliss-reactive ketones (excluding diaryl/α,β-unsaturated/α-hetero) is 1. The van der Waals surface area contributed by atoms with Crippen LogP contribution >= 0.6 is 0 Å². The molecular formula is C22H34O6. The first-order chi connectivity index (χ1) is 12.9. The summed E-state index contributed by atoms with van der Waals surface area (Å²) in [6, 6.07) is 0. The SMILES string of the molecule is C=C1CCC[C@@]2(COC(C)=O)CC[C@@]3(O)O[C@@]12[C@@H](O)[C@@]3(C)CCC(=O)C(C)C. The topological polar surface area (TPSA) is 93.1 Å². The van der Waals surface area contributed by atoms with Crippen molar-refractivity contribution in [2.75, 3.05) is 6.61 Å². The number of carbonyl (C=O) groups is 2. The summed E-state index contributed by atoms with van der Waals surface area (Å²) in [7, 11) is 0. The van der Waals surface area contributed by atoms with Gasteiger partial charge in [-0.05, 0) is 37.7 Å². The number of aliphatic hydroxyl groups is 2. The molecule has 2 heterocycles. The van der Waals surface area contributed by atoms with Gasteiger partial charge in [-0.2, -0.15) is 0 Å². The zero-order valence-corrected chi connectivity index (χ0v) is 17.5. The highest BCUT2D eigenvalue weighted by Gasteiger charge is 2.78. The summed E-state index contributed by atoms with van der Waals surface area (Å²) < 4.78 is 11.8. The van der Waals surface area contributed by atoms with Gasteiger partial charge in [-0.1, -0.05) is 27.4 Å². The number of aliphatic hydroxyl groups excluding tert-OH is 1. The Morgan fingerprint density at radius 3 is 2.61 bits per heavy atom. The van der Waals surface area contributed by atoms with Crippen LogP contribution in [0.5, 0.6) is 0 Å². The van der Waals surface area contributed by atoms with Gasteiger partial charge in [0.05, 0.1) is 11.5 Å². The van der Waals surface area contributed by atoms with Crippen LogP contribution in [-0.4, -0.2) is 46.1 Å². The molecule has 3 fully saturated rings. The Hall–Kier alpha value is -1.24. The third-order valence-electron chi connectivity index (χ3n) is 7.69. The van der Waals surface area contributed by atoms with Gasteiger partial charge in [-0.25, -0.2) is 0 Å². The molecule has 0 aromatic carbocycles. The van der Waals surface area contributed by atoms with Gasteiger partial charge < -0.3 is 19.7 Å². The Balaban J connectivity index is 2.00. The molecule has 0 amide bonds. The molecule has 2 bridgehead atoms. The number of carbonyl (C=O) groups excluding carboxylic acids is 2. The molecule has 2 N–H and O–H groups in total. The number of ether oxygens (including phenoxy) is 2. The molecule has 6 nitrogen and oxygen atoms in total. The van der Waals surface area contributed by atoms with E-state index in [0.717, 1.165) is 18.4 Å². The number of hydrogen-bond acceptors (Lipinski definition) is 6. The Labute approximate surface area is 167 Å². The van der Waals surface area contributed by atoms with Crippen LogP contribution in [0.1, 0.15) is 72.6 Å². The first kappa shape index (κ1) is 21.5. The normalized spacial score (nSPS) is 42.4. The maximum absolute atomic E-state index is 12.3. The van der Waals surface area contributed by atoms with E-state index in [1.165, 1.54) is 6.92 Å². The first-order valence-electron chi connectivity index (χ1n) is 10.4. The van der Waals surface area contributed by atoms with Crippen LogP contribution in [0.4, 0.5) is 0 Å². The molecule has 0 aromatic rings. The maximum Gasteiger partial charge on any atom is 0.302 e. The van der Waals surface area contributed by atoms with Gasteiger partial charge in [-0.3, -0.25) is 9.59 Å². The lowest BCUT2D eigenvalue weighted by Crippen LogP contribution is -2.63. The van der Waals surface area contributed by atoms with Crippen molar-refractivity contribution in [3.05, 3.63) is 12.2 Å². The van der Waals surface area contributed by atoms with Crippen molar-refractivity contribution in [2.24, 2.45) is 16.7 Å². The molecule has 1 saturated carbocycles. The molecule has 0 aromatic heterocycles. The van der Waals surface area contributed by atoms with E-state index < -0.39 is 28.3 Å². The zero-order valence-electron chi connectivity index (χ0n) is 17.5. The number of fused-ring (bicyclic) bond motifs is 1. The molecule has 5 atom stereocenters. The summed E-state index contributed by atoms with van der Waals surface area (Å²) in [6.07, 6.45) is 2.77. The monoisotopic (exact) mass is 394 g/mol. The van der Waals surface area contributed by atoms with Crippen LogP contribution in [0.3, 0.4) is 0 Å². The Morgan fingerprint density at radius 1 is 1.32 bits per heavy atom. The fourth-order valence-corrected chi connectivity index (χ4v) is 5.70. The van der Waals surface area contributed by atoms with E-state index in [4.69, 9.17) is 9.47 Å². The predicted molar refractivity (Wildman–Crippen MR) is 103 cm³/mol. The van der Waals surface area contributed by atoms with E-state index in [-0.39, 0.29) is 30.7 Å². The summed E-state index contributed by atoms with van der Waals surface area (Å²) in [5, 5.41) is 23.1. The molecule has 1 spiro atoms. The van der Waals surface area contributed by atoms with E-state index in [9.17, 15) is 19.8 Å². The number of rotatable bonds is 6. The summed E-state index contributed by atoms with van der Waals surface area (Å²) in [4.78, 5) is 23.8. The molecule has 158 valence electrons. The third-order valence-corrected chi connectivity index (χ3v) is 7.69. The van der Waals surface area contributed by atoms with E-state index in [1.54, 1.807) is 0 Å². The smallest absolute Gasteiger partial charge is 0.302 e. The lowest BCUT2D eigenvalue weighted by molar-refractivity contribution is -0.311. The van der Waals surface area contributed by atoms with Crippen molar-refractivity contribution in [3.63, 3.8) is 0 Å². The van der Waals surface area contributed by atoms with E-state index in [0.29, 0.717) is 25.7 Å². The van der Waals surface area contributed by atoms with E-state index in [1.807, 2.05) is 20.8 Å². The average Bonchev–Trinajstić information content (AvgIpc) is 2.77. The number of hydrogen-bond donors (Lipinski definition) is 2. The fraction of sp³-hybridized carbons (Fsp3) is 0.818. The summed E-state index contributed by atoms with van der Waals surface area (Å²) in [5.74, 6) is -1.91. The molecule has 3 rings (SSSR count). The number of esters is 1. The van der Waals surface area contributed by atoms with Crippen molar-refractivity contribution in [2.45, 2.75) is 90.1 Å². The fourth-order valence-electron chi connectivity index (χ4n) is 5.70. The molecule has 0 unspecified atom stereocenters. The average molecular weight is 395 g/mol. The second-order valence-corrected chi connectivity index (χ2v) is 9.58. The zero-order chi connectivity index (χ0) is 21.0. The Kier molecular flexibility index (Phi) is 5.31. The third kappa shape index (κ3) is 2.79. The molecule has 0 radical (unpaired) electrons. The minimum absolute atomic E-state index is 0.0945. The second-order valence-electron chi connectivity index (χ2n) is 9.58. The molecule has 1 aliphatic carbocycles. The van der Waals surface area contributed by atoms with Gasteiger partial charge >= 0.3 is 5.97 Å². The lowest BCUT2D eigenvalue weighted by Gasteiger charge is -2.56. The van der Waals surface area contributed by atoms with Crippen molar-refractivity contribution in [1.82, 2.24) is 0 Å². The van der Waals surface area contributed by atoms with Crippen LogP contribution < -0.4 is 0 Å². The van der Waals surface area contributed by atoms with E-state index in [2.05, 4.69) is 6.58 Å². The van der Waals surface area contributed by atoms with Gasteiger partial charge in [0, 0.05) is 31.1 Å². The Bertz CT molecular complexity index is 687. The lowest BCUT2D eigenvalue weighted by atomic mass is 9.56. The quantitative estimate of drug-likeness (QED) is 0.531.